The van der Waals surface area contributed by atoms with E-state index >= 15 is 0 Å². The summed E-state index contributed by atoms with van der Waals surface area (Å²) in [5.41, 5.74) is 6.34. The molecule has 1 aromatic heterocycles. The van der Waals surface area contributed by atoms with Crippen LogP contribution in [0.3, 0.4) is 0 Å². The average Bonchev–Trinajstić information content (AvgIpc) is 2.45. The first kappa shape index (κ1) is 17.4. The van der Waals surface area contributed by atoms with Crippen LogP contribution in [-0.4, -0.2) is 23.5 Å². The molecular formula is C16H27N3O2. The summed E-state index contributed by atoms with van der Waals surface area (Å²) in [6.07, 6.45) is 6.42. The fourth-order valence-electron chi connectivity index (χ4n) is 1.95. The molecule has 0 saturated carbocycles. The van der Waals surface area contributed by atoms with Crippen molar-refractivity contribution in [3.63, 3.8) is 0 Å². The van der Waals surface area contributed by atoms with Gasteiger partial charge >= 0.3 is 0 Å². The van der Waals surface area contributed by atoms with Crippen LogP contribution < -0.4 is 15.8 Å². The summed E-state index contributed by atoms with van der Waals surface area (Å²) in [6.45, 7) is 5.10. The van der Waals surface area contributed by atoms with Crippen molar-refractivity contribution < 1.29 is 9.53 Å². The zero-order valence-electron chi connectivity index (χ0n) is 13.1. The molecule has 0 fully saturated rings. The number of hydrogen-bond acceptors (Lipinski definition) is 4. The van der Waals surface area contributed by atoms with E-state index in [4.69, 9.17) is 10.5 Å². The van der Waals surface area contributed by atoms with E-state index in [1.54, 1.807) is 6.20 Å². The number of rotatable bonds is 10. The highest BCUT2D eigenvalue weighted by Gasteiger charge is 2.08. The molecule has 3 N–H and O–H groups in total. The molecule has 5 nitrogen and oxygen atoms in total. The SMILES string of the molecule is CC(C)Oc1ncccc1CNC(=O)CCCCCCN. The quantitative estimate of drug-likeness (QED) is 0.649. The normalized spacial score (nSPS) is 10.7. The van der Waals surface area contributed by atoms with Gasteiger partial charge in [-0.2, -0.15) is 0 Å². The molecule has 0 spiro atoms. The first-order chi connectivity index (χ1) is 10.1. The van der Waals surface area contributed by atoms with Gasteiger partial charge in [0.05, 0.1) is 6.10 Å². The highest BCUT2D eigenvalue weighted by Crippen LogP contribution is 2.15. The number of nitrogens with two attached hydrogens (primary N) is 1. The largest absolute Gasteiger partial charge is 0.475 e. The summed E-state index contributed by atoms with van der Waals surface area (Å²) >= 11 is 0. The van der Waals surface area contributed by atoms with Crippen LogP contribution in [-0.2, 0) is 11.3 Å². The van der Waals surface area contributed by atoms with Gasteiger partial charge in [0.1, 0.15) is 0 Å². The third kappa shape index (κ3) is 7.66. The third-order valence-corrected chi connectivity index (χ3v) is 3.03. The predicted molar refractivity (Wildman–Crippen MR) is 84.0 cm³/mol. The van der Waals surface area contributed by atoms with Crippen LogP contribution in [0.15, 0.2) is 18.3 Å². The number of aromatic nitrogens is 1. The van der Waals surface area contributed by atoms with Gasteiger partial charge in [0.15, 0.2) is 0 Å². The number of unbranched alkanes of at least 4 members (excludes halogenated alkanes) is 3. The lowest BCUT2D eigenvalue weighted by molar-refractivity contribution is -0.121. The molecule has 0 aliphatic heterocycles. The van der Waals surface area contributed by atoms with Gasteiger partial charge in [-0.15, -0.1) is 0 Å². The van der Waals surface area contributed by atoms with Crippen LogP contribution in [0.25, 0.3) is 0 Å². The van der Waals surface area contributed by atoms with E-state index in [1.165, 1.54) is 0 Å². The van der Waals surface area contributed by atoms with E-state index < -0.39 is 0 Å². The molecule has 1 heterocycles. The Morgan fingerprint density at radius 2 is 2.10 bits per heavy atom. The molecule has 0 radical (unpaired) electrons. The zero-order valence-corrected chi connectivity index (χ0v) is 13.1. The van der Waals surface area contributed by atoms with Gasteiger partial charge in [-0.1, -0.05) is 18.9 Å². The lowest BCUT2D eigenvalue weighted by Crippen LogP contribution is -2.23. The highest BCUT2D eigenvalue weighted by molar-refractivity contribution is 5.75. The molecule has 1 amide bonds. The molecule has 0 aromatic carbocycles. The maximum absolute atomic E-state index is 11.8. The van der Waals surface area contributed by atoms with Crippen LogP contribution >= 0.6 is 0 Å². The van der Waals surface area contributed by atoms with Crippen LogP contribution in [0.4, 0.5) is 0 Å². The molecule has 0 aliphatic carbocycles. The topological polar surface area (TPSA) is 77.2 Å². The van der Waals surface area contributed by atoms with Crippen molar-refractivity contribution in [1.29, 1.82) is 0 Å². The Balaban J connectivity index is 2.32. The number of nitrogens with zero attached hydrogens (tertiary/aromatic N) is 1. The Bertz CT molecular complexity index is 422. The van der Waals surface area contributed by atoms with Crippen molar-refractivity contribution in [2.24, 2.45) is 5.73 Å². The Kier molecular flexibility index (Phi) is 8.43. The minimum atomic E-state index is 0.0666. The van der Waals surface area contributed by atoms with Crippen LogP contribution in [0.1, 0.15) is 51.5 Å². The number of nitrogens with one attached hydrogen (secondary N) is 1. The summed E-state index contributed by atoms with van der Waals surface area (Å²) < 4.78 is 5.63. The van der Waals surface area contributed by atoms with E-state index in [0.29, 0.717) is 18.8 Å². The second-order valence-electron chi connectivity index (χ2n) is 5.36. The highest BCUT2D eigenvalue weighted by atomic mass is 16.5. The molecule has 0 aliphatic rings. The maximum Gasteiger partial charge on any atom is 0.220 e. The smallest absolute Gasteiger partial charge is 0.220 e. The van der Waals surface area contributed by atoms with Crippen molar-refractivity contribution in [1.82, 2.24) is 10.3 Å². The molecule has 0 unspecified atom stereocenters. The number of carbonyl (C=O) groups excluding carboxylic acids is 1. The zero-order chi connectivity index (χ0) is 15.5. The van der Waals surface area contributed by atoms with Gasteiger partial charge in [0.25, 0.3) is 0 Å². The van der Waals surface area contributed by atoms with Gasteiger partial charge in [0, 0.05) is 24.7 Å². The number of ether oxygens (including phenoxy) is 1. The van der Waals surface area contributed by atoms with Crippen molar-refractivity contribution in [2.75, 3.05) is 6.54 Å². The number of carbonyl (C=O) groups is 1. The second-order valence-corrected chi connectivity index (χ2v) is 5.36. The molecule has 0 saturated heterocycles. The van der Waals surface area contributed by atoms with E-state index in [1.807, 2.05) is 26.0 Å². The molecule has 1 rings (SSSR count). The van der Waals surface area contributed by atoms with Gasteiger partial charge in [0.2, 0.25) is 11.8 Å². The van der Waals surface area contributed by atoms with Crippen molar-refractivity contribution in [3.05, 3.63) is 23.9 Å². The van der Waals surface area contributed by atoms with E-state index in [0.717, 1.165) is 37.8 Å². The van der Waals surface area contributed by atoms with Gasteiger partial charge in [-0.3, -0.25) is 4.79 Å². The fraction of sp³-hybridized carbons (Fsp3) is 0.625. The van der Waals surface area contributed by atoms with Crippen molar-refractivity contribution >= 4 is 5.91 Å². The number of hydrogen-bond donors (Lipinski definition) is 2. The summed E-state index contributed by atoms with van der Waals surface area (Å²) in [5, 5.41) is 2.92. The van der Waals surface area contributed by atoms with Crippen LogP contribution in [0.2, 0.25) is 0 Å². The molecule has 5 heteroatoms. The van der Waals surface area contributed by atoms with Gasteiger partial charge in [-0.25, -0.2) is 4.98 Å². The van der Waals surface area contributed by atoms with Crippen LogP contribution in [0, 0.1) is 0 Å². The fourth-order valence-corrected chi connectivity index (χ4v) is 1.95. The third-order valence-electron chi connectivity index (χ3n) is 3.03. The summed E-state index contributed by atoms with van der Waals surface area (Å²) in [7, 11) is 0. The second kappa shape index (κ2) is 10.2. The molecule has 118 valence electrons. The summed E-state index contributed by atoms with van der Waals surface area (Å²) in [4.78, 5) is 16.0. The number of amides is 1. The van der Waals surface area contributed by atoms with Crippen LogP contribution in [0.5, 0.6) is 5.88 Å². The Morgan fingerprint density at radius 1 is 1.33 bits per heavy atom. The molecular weight excluding hydrogens is 266 g/mol. The lowest BCUT2D eigenvalue weighted by atomic mass is 10.1. The van der Waals surface area contributed by atoms with Crippen molar-refractivity contribution in [2.45, 2.75) is 58.6 Å². The predicted octanol–water partition coefficient (Wildman–Crippen LogP) is 2.39. The first-order valence-corrected chi connectivity index (χ1v) is 7.70. The van der Waals surface area contributed by atoms with E-state index in [2.05, 4.69) is 10.3 Å². The molecule has 1 aromatic rings. The molecule has 0 atom stereocenters. The Hall–Kier alpha value is -1.62. The standard InChI is InChI=1S/C16H27N3O2/c1-13(2)21-16-14(8-7-11-18-16)12-19-15(20)9-5-3-4-6-10-17/h7-8,11,13H,3-6,9-10,12,17H2,1-2H3,(H,19,20). The van der Waals surface area contributed by atoms with E-state index in [-0.39, 0.29) is 12.0 Å². The lowest BCUT2D eigenvalue weighted by Gasteiger charge is -2.13. The number of pyridine rings is 1. The monoisotopic (exact) mass is 293 g/mol. The Labute approximate surface area is 127 Å². The minimum Gasteiger partial charge on any atom is -0.475 e. The Morgan fingerprint density at radius 3 is 2.81 bits per heavy atom. The minimum absolute atomic E-state index is 0.0666. The van der Waals surface area contributed by atoms with E-state index in [9.17, 15) is 4.79 Å². The van der Waals surface area contributed by atoms with Gasteiger partial charge in [-0.05, 0) is 39.3 Å². The first-order valence-electron chi connectivity index (χ1n) is 7.70. The van der Waals surface area contributed by atoms with Crippen molar-refractivity contribution in [3.8, 4) is 5.88 Å². The van der Waals surface area contributed by atoms with Gasteiger partial charge < -0.3 is 15.8 Å². The molecule has 0 bridgehead atoms. The molecule has 21 heavy (non-hydrogen) atoms. The summed E-state index contributed by atoms with van der Waals surface area (Å²) in [5.74, 6) is 0.665. The summed E-state index contributed by atoms with van der Waals surface area (Å²) in [6, 6.07) is 3.77. The average molecular weight is 293 g/mol. The maximum atomic E-state index is 11.8.